The Morgan fingerprint density at radius 2 is 1.97 bits per heavy atom. The predicted molar refractivity (Wildman–Crippen MR) is 133 cm³/mol. The van der Waals surface area contributed by atoms with Crippen molar-refractivity contribution in [3.8, 4) is 22.7 Å². The average Bonchev–Trinajstić information content (AvgIpc) is 3.43. The zero-order valence-electron chi connectivity index (χ0n) is 20.3. The van der Waals surface area contributed by atoms with Gasteiger partial charge in [0, 0.05) is 29.6 Å². The van der Waals surface area contributed by atoms with Crippen LogP contribution in [0.25, 0.3) is 16.9 Å². The third kappa shape index (κ3) is 4.04. The quantitative estimate of drug-likeness (QED) is 0.401. The van der Waals surface area contributed by atoms with Gasteiger partial charge in [0.05, 0.1) is 31.0 Å². The Kier molecular flexibility index (Phi) is 5.55. The van der Waals surface area contributed by atoms with Crippen LogP contribution >= 0.6 is 0 Å². The number of carbonyl (C=O) groups excluding carboxylic acids is 1. The number of aromatic nitrogens is 5. The zero-order valence-corrected chi connectivity index (χ0v) is 20.3. The molecule has 1 atom stereocenters. The summed E-state index contributed by atoms with van der Waals surface area (Å²) in [6.07, 6.45) is 8.58. The summed E-state index contributed by atoms with van der Waals surface area (Å²) in [5.74, 6) is 0.819. The molecule has 3 heterocycles. The van der Waals surface area contributed by atoms with Gasteiger partial charge in [0.2, 0.25) is 0 Å². The summed E-state index contributed by atoms with van der Waals surface area (Å²) >= 11 is 0. The van der Waals surface area contributed by atoms with Crippen molar-refractivity contribution in [2.75, 3.05) is 18.6 Å². The maximum Gasteiger partial charge on any atom is 0.251 e. The molecule has 0 N–H and O–H groups in total. The molecular formula is C27H27FN6O2. The molecule has 0 spiro atoms. The lowest BCUT2D eigenvalue weighted by atomic mass is 10.1. The summed E-state index contributed by atoms with van der Waals surface area (Å²) in [6, 6.07) is 10.2. The van der Waals surface area contributed by atoms with Crippen LogP contribution in [-0.2, 0) is 11.2 Å². The molecule has 2 aliphatic rings. The fourth-order valence-electron chi connectivity index (χ4n) is 4.91. The van der Waals surface area contributed by atoms with Gasteiger partial charge in [-0.2, -0.15) is 0 Å². The van der Waals surface area contributed by atoms with Crippen molar-refractivity contribution < 1.29 is 13.9 Å². The van der Waals surface area contributed by atoms with Gasteiger partial charge in [-0.3, -0.25) is 4.79 Å². The van der Waals surface area contributed by atoms with Gasteiger partial charge >= 0.3 is 0 Å². The van der Waals surface area contributed by atoms with Crippen molar-refractivity contribution in [2.24, 2.45) is 5.92 Å². The van der Waals surface area contributed by atoms with E-state index in [0.717, 1.165) is 29.8 Å². The fraction of sp³-hybridized carbons (Fsp3) is 0.333. The normalized spacial score (nSPS) is 17.7. The SMILES string of the molecule is COc1cc(-c2cn(C3CCc4c(F)cccc4N(CC4CC4)C3=O)nn2)ccc1-n1cnc(C)c1. The second-order valence-electron chi connectivity index (χ2n) is 9.58. The van der Waals surface area contributed by atoms with Crippen molar-refractivity contribution in [3.63, 3.8) is 0 Å². The van der Waals surface area contributed by atoms with E-state index in [1.54, 1.807) is 35.3 Å². The summed E-state index contributed by atoms with van der Waals surface area (Å²) in [5.41, 5.74) is 4.52. The molecule has 2 aromatic carbocycles. The number of methoxy groups -OCH3 is 1. The number of nitrogens with zero attached hydrogens (tertiary/aromatic N) is 6. The van der Waals surface area contributed by atoms with E-state index in [-0.39, 0.29) is 11.7 Å². The molecule has 9 heteroatoms. The number of carbonyl (C=O) groups is 1. The Morgan fingerprint density at radius 3 is 2.72 bits per heavy atom. The first-order chi connectivity index (χ1) is 17.5. The van der Waals surface area contributed by atoms with Gasteiger partial charge in [-0.25, -0.2) is 14.1 Å². The zero-order chi connectivity index (χ0) is 24.8. The Balaban J connectivity index is 1.31. The Morgan fingerprint density at radius 1 is 1.11 bits per heavy atom. The Hall–Kier alpha value is -4.01. The second-order valence-corrected chi connectivity index (χ2v) is 9.58. The monoisotopic (exact) mass is 486 g/mol. The standard InChI is InChI=1S/C27H27FN6O2/c1-17-13-32(16-29-17)24-10-8-19(12-26(24)36-2)22-15-34(31-30-22)25-11-9-20-21(28)4-3-5-23(20)33(27(25)35)14-18-6-7-18/h3-5,8,10,12-13,15-16,18,25H,6-7,9,11,14H2,1-2H3. The molecule has 1 amide bonds. The van der Waals surface area contributed by atoms with Crippen LogP contribution in [0.4, 0.5) is 10.1 Å². The number of hydrogen-bond donors (Lipinski definition) is 0. The maximum atomic E-state index is 14.7. The predicted octanol–water partition coefficient (Wildman–Crippen LogP) is 4.52. The summed E-state index contributed by atoms with van der Waals surface area (Å²) in [6.45, 7) is 2.54. The topological polar surface area (TPSA) is 78.1 Å². The first-order valence-electron chi connectivity index (χ1n) is 12.2. The number of anilines is 1. The van der Waals surface area contributed by atoms with E-state index in [0.29, 0.717) is 48.0 Å². The lowest BCUT2D eigenvalue weighted by Crippen LogP contribution is -2.38. The summed E-state index contributed by atoms with van der Waals surface area (Å²) < 4.78 is 23.9. The van der Waals surface area contributed by atoms with Crippen LogP contribution in [0.1, 0.15) is 36.6 Å². The average molecular weight is 487 g/mol. The molecule has 1 fully saturated rings. The molecule has 1 unspecified atom stereocenters. The van der Waals surface area contributed by atoms with E-state index in [1.807, 2.05) is 42.0 Å². The lowest BCUT2D eigenvalue weighted by molar-refractivity contribution is -0.122. The van der Waals surface area contributed by atoms with Gasteiger partial charge < -0.3 is 14.2 Å². The van der Waals surface area contributed by atoms with E-state index in [1.165, 1.54) is 6.07 Å². The molecule has 0 radical (unpaired) electrons. The van der Waals surface area contributed by atoms with Crippen molar-refractivity contribution >= 4 is 11.6 Å². The van der Waals surface area contributed by atoms with Crippen molar-refractivity contribution in [2.45, 2.75) is 38.6 Å². The van der Waals surface area contributed by atoms with Gasteiger partial charge in [0.15, 0.2) is 0 Å². The number of ether oxygens (including phenoxy) is 1. The van der Waals surface area contributed by atoms with Gasteiger partial charge in [-0.05, 0) is 62.8 Å². The molecule has 2 aromatic heterocycles. The number of halogens is 1. The van der Waals surface area contributed by atoms with Gasteiger partial charge in [-0.1, -0.05) is 17.3 Å². The smallest absolute Gasteiger partial charge is 0.251 e. The van der Waals surface area contributed by atoms with Crippen LogP contribution in [0, 0.1) is 18.7 Å². The van der Waals surface area contributed by atoms with E-state index in [2.05, 4.69) is 15.3 Å². The minimum absolute atomic E-state index is 0.0638. The molecule has 1 aliphatic heterocycles. The highest BCUT2D eigenvalue weighted by Gasteiger charge is 2.36. The minimum Gasteiger partial charge on any atom is -0.495 e. The van der Waals surface area contributed by atoms with Gasteiger partial charge in [0.25, 0.3) is 5.91 Å². The number of hydrogen-bond acceptors (Lipinski definition) is 5. The van der Waals surface area contributed by atoms with Crippen molar-refractivity contribution in [1.29, 1.82) is 0 Å². The largest absolute Gasteiger partial charge is 0.495 e. The molecule has 1 aliphatic carbocycles. The fourth-order valence-corrected chi connectivity index (χ4v) is 4.91. The number of imidazole rings is 1. The molecule has 36 heavy (non-hydrogen) atoms. The maximum absolute atomic E-state index is 14.7. The van der Waals surface area contributed by atoms with E-state index in [9.17, 15) is 9.18 Å². The molecular weight excluding hydrogens is 459 g/mol. The van der Waals surface area contributed by atoms with Crippen molar-refractivity contribution in [3.05, 3.63) is 72.2 Å². The van der Waals surface area contributed by atoms with E-state index < -0.39 is 6.04 Å². The van der Waals surface area contributed by atoms with Crippen molar-refractivity contribution in [1.82, 2.24) is 24.5 Å². The third-order valence-electron chi connectivity index (χ3n) is 7.04. The first kappa shape index (κ1) is 22.5. The Bertz CT molecular complexity index is 1440. The first-order valence-corrected chi connectivity index (χ1v) is 12.2. The molecule has 6 rings (SSSR count). The number of amides is 1. The molecule has 0 bridgehead atoms. The summed E-state index contributed by atoms with van der Waals surface area (Å²) in [5, 5.41) is 8.70. The van der Waals surface area contributed by atoms with E-state index >= 15 is 0 Å². The van der Waals surface area contributed by atoms with Crippen LogP contribution in [-0.4, -0.2) is 44.1 Å². The van der Waals surface area contributed by atoms with Crippen LogP contribution in [0.15, 0.2) is 55.1 Å². The minimum atomic E-state index is -0.549. The van der Waals surface area contributed by atoms with Gasteiger partial charge in [-0.15, -0.1) is 5.10 Å². The van der Waals surface area contributed by atoms with Gasteiger partial charge in [0.1, 0.15) is 23.3 Å². The second kappa shape index (κ2) is 8.89. The van der Waals surface area contributed by atoms with E-state index in [4.69, 9.17) is 4.74 Å². The molecule has 0 saturated heterocycles. The highest BCUT2D eigenvalue weighted by atomic mass is 19.1. The third-order valence-corrected chi connectivity index (χ3v) is 7.04. The van der Waals surface area contributed by atoms with Crippen LogP contribution in [0.2, 0.25) is 0 Å². The Labute approximate surface area is 208 Å². The molecule has 8 nitrogen and oxygen atoms in total. The molecule has 184 valence electrons. The lowest BCUT2D eigenvalue weighted by Gasteiger charge is -2.26. The van der Waals surface area contributed by atoms with Crippen LogP contribution < -0.4 is 9.64 Å². The summed E-state index contributed by atoms with van der Waals surface area (Å²) in [4.78, 5) is 19.8. The van der Waals surface area contributed by atoms with Crippen LogP contribution in [0.3, 0.4) is 0 Å². The van der Waals surface area contributed by atoms with Crippen LogP contribution in [0.5, 0.6) is 5.75 Å². The number of aryl methyl sites for hydroxylation is 1. The number of benzene rings is 2. The number of rotatable bonds is 6. The summed E-state index contributed by atoms with van der Waals surface area (Å²) in [7, 11) is 1.62. The molecule has 4 aromatic rings. The highest BCUT2D eigenvalue weighted by Crippen LogP contribution is 2.38. The molecule has 1 saturated carbocycles. The number of fused-ring (bicyclic) bond motifs is 1. The highest BCUT2D eigenvalue weighted by molar-refractivity contribution is 5.97.